The molecule has 0 aliphatic carbocycles. The van der Waals surface area contributed by atoms with E-state index < -0.39 is 5.82 Å². The Hall–Kier alpha value is -4.69. The van der Waals surface area contributed by atoms with Crippen LogP contribution < -0.4 is 20.2 Å². The van der Waals surface area contributed by atoms with Gasteiger partial charge in [0.25, 0.3) is 5.91 Å². The Morgan fingerprint density at radius 1 is 0.878 bits per heavy atom. The second kappa shape index (κ2) is 12.2. The fourth-order valence-electron chi connectivity index (χ4n) is 5.10. The van der Waals surface area contributed by atoms with Crippen LogP contribution in [0.3, 0.4) is 0 Å². The number of fused-ring (bicyclic) bond motifs is 2. The van der Waals surface area contributed by atoms with Crippen LogP contribution in [-0.2, 0) is 13.0 Å². The number of para-hydroxylation sites is 2. The molecule has 1 aromatic heterocycles. The third-order valence-corrected chi connectivity index (χ3v) is 7.15. The topological polar surface area (TPSA) is 83.7 Å². The van der Waals surface area contributed by atoms with E-state index in [4.69, 9.17) is 9.47 Å². The zero-order chi connectivity index (χ0) is 28.9. The second-order valence-electron chi connectivity index (χ2n) is 10.0. The van der Waals surface area contributed by atoms with Crippen LogP contribution in [0.15, 0.2) is 83.7 Å². The van der Waals surface area contributed by atoms with Gasteiger partial charge in [0.05, 0.1) is 30.8 Å². The summed E-state index contributed by atoms with van der Waals surface area (Å²) in [7, 11) is 5.34. The van der Waals surface area contributed by atoms with Gasteiger partial charge in [0.2, 0.25) is 0 Å². The molecule has 210 valence electrons. The first-order valence-electron chi connectivity index (χ1n) is 13.4. The Kier molecular flexibility index (Phi) is 8.31. The summed E-state index contributed by atoms with van der Waals surface area (Å²) in [6.07, 6.45) is 1.78. The fourth-order valence-corrected chi connectivity index (χ4v) is 5.10. The number of aromatic nitrogens is 1. The highest BCUT2D eigenvalue weighted by atomic mass is 19.1. The number of nitrogens with zero attached hydrogens (tertiary/aromatic N) is 1. The summed E-state index contributed by atoms with van der Waals surface area (Å²) in [5.74, 6) is 0.502. The van der Waals surface area contributed by atoms with Crippen molar-refractivity contribution in [3.63, 3.8) is 0 Å². The SMILES string of the molecule is COc1ccc(CN(C)CCCc2cccc(NC(=O)c3cccc4c(=O)c5cccc(F)c5[nH]c34)c2)cc1OC. The van der Waals surface area contributed by atoms with Crippen molar-refractivity contribution < 1.29 is 18.7 Å². The van der Waals surface area contributed by atoms with Crippen LogP contribution in [0.4, 0.5) is 10.1 Å². The number of ether oxygens (including phenoxy) is 2. The monoisotopic (exact) mass is 553 g/mol. The molecule has 7 nitrogen and oxygen atoms in total. The van der Waals surface area contributed by atoms with Gasteiger partial charge in [0.1, 0.15) is 5.82 Å². The maximum absolute atomic E-state index is 14.5. The lowest BCUT2D eigenvalue weighted by molar-refractivity contribution is 0.102. The molecule has 0 aliphatic heterocycles. The van der Waals surface area contributed by atoms with Gasteiger partial charge in [-0.3, -0.25) is 9.59 Å². The highest BCUT2D eigenvalue weighted by molar-refractivity contribution is 6.13. The number of amides is 1. The van der Waals surface area contributed by atoms with Crippen LogP contribution in [0, 0.1) is 5.82 Å². The van der Waals surface area contributed by atoms with Gasteiger partial charge in [-0.05, 0) is 86.1 Å². The zero-order valence-electron chi connectivity index (χ0n) is 23.3. The van der Waals surface area contributed by atoms with Gasteiger partial charge in [-0.2, -0.15) is 0 Å². The number of hydrogen-bond donors (Lipinski definition) is 2. The van der Waals surface area contributed by atoms with Crippen molar-refractivity contribution in [2.45, 2.75) is 19.4 Å². The predicted octanol–water partition coefficient (Wildman–Crippen LogP) is 6.15. The van der Waals surface area contributed by atoms with Gasteiger partial charge < -0.3 is 24.7 Å². The molecule has 4 aromatic carbocycles. The van der Waals surface area contributed by atoms with E-state index in [2.05, 4.69) is 22.2 Å². The molecule has 0 saturated heterocycles. The van der Waals surface area contributed by atoms with Crippen molar-refractivity contribution in [1.29, 1.82) is 0 Å². The summed E-state index contributed by atoms with van der Waals surface area (Å²) in [5.41, 5.74) is 3.23. The third-order valence-electron chi connectivity index (χ3n) is 7.15. The molecule has 0 unspecified atom stereocenters. The number of rotatable bonds is 10. The summed E-state index contributed by atoms with van der Waals surface area (Å²) in [4.78, 5) is 31.5. The van der Waals surface area contributed by atoms with E-state index in [1.54, 1.807) is 38.5 Å². The molecule has 0 saturated carbocycles. The van der Waals surface area contributed by atoms with Crippen LogP contribution >= 0.6 is 0 Å². The number of aromatic amines is 1. The molecule has 0 aliphatic rings. The van der Waals surface area contributed by atoms with E-state index in [0.717, 1.165) is 37.1 Å². The molecule has 0 bridgehead atoms. The van der Waals surface area contributed by atoms with E-state index in [1.807, 2.05) is 42.5 Å². The van der Waals surface area contributed by atoms with Gasteiger partial charge in [0.15, 0.2) is 16.9 Å². The van der Waals surface area contributed by atoms with Gasteiger partial charge in [-0.25, -0.2) is 4.39 Å². The summed E-state index contributed by atoms with van der Waals surface area (Å²) in [6, 6.07) is 22.9. The van der Waals surface area contributed by atoms with E-state index in [1.165, 1.54) is 12.1 Å². The minimum absolute atomic E-state index is 0.0864. The number of carbonyl (C=O) groups is 1. The van der Waals surface area contributed by atoms with E-state index in [-0.39, 0.29) is 27.8 Å². The van der Waals surface area contributed by atoms with Gasteiger partial charge >= 0.3 is 0 Å². The first-order valence-corrected chi connectivity index (χ1v) is 13.4. The maximum atomic E-state index is 14.5. The van der Waals surface area contributed by atoms with Crippen LogP contribution in [0.2, 0.25) is 0 Å². The summed E-state index contributed by atoms with van der Waals surface area (Å²) in [5, 5.41) is 3.52. The number of methoxy groups -OCH3 is 2. The molecule has 1 amide bonds. The van der Waals surface area contributed by atoms with E-state index in [0.29, 0.717) is 28.1 Å². The number of benzene rings is 4. The highest BCUT2D eigenvalue weighted by Crippen LogP contribution is 2.28. The largest absolute Gasteiger partial charge is 0.493 e. The van der Waals surface area contributed by atoms with Crippen LogP contribution in [0.25, 0.3) is 21.8 Å². The number of hydrogen-bond acceptors (Lipinski definition) is 5. The van der Waals surface area contributed by atoms with Crippen LogP contribution in [-0.4, -0.2) is 43.6 Å². The lowest BCUT2D eigenvalue weighted by atomic mass is 10.0. The summed E-state index contributed by atoms with van der Waals surface area (Å²) >= 11 is 0. The lowest BCUT2D eigenvalue weighted by Crippen LogP contribution is -2.19. The molecule has 5 aromatic rings. The maximum Gasteiger partial charge on any atom is 0.257 e. The quantitative estimate of drug-likeness (QED) is 0.203. The Balaban J connectivity index is 1.24. The molecular formula is C33H32FN3O4. The van der Waals surface area contributed by atoms with Crippen molar-refractivity contribution in [3.8, 4) is 11.5 Å². The standard InChI is InChI=1S/C33H32FN3O4/c1-37(20-22-15-16-28(40-2)29(19-22)41-3)17-7-9-21-8-4-10-23(18-21)35-33(39)26-13-5-11-24-30(26)36-31-25(32(24)38)12-6-14-27(31)34/h4-6,8,10-16,18-19H,7,9,17,20H2,1-3H3,(H,35,39)(H,36,38). The molecule has 0 atom stereocenters. The first-order chi connectivity index (χ1) is 19.9. The molecule has 1 heterocycles. The molecule has 0 radical (unpaired) electrons. The molecule has 0 fully saturated rings. The molecule has 8 heteroatoms. The number of aryl methyl sites for hydroxylation is 1. The van der Waals surface area contributed by atoms with Gasteiger partial charge in [-0.15, -0.1) is 0 Å². The predicted molar refractivity (Wildman–Crippen MR) is 161 cm³/mol. The van der Waals surface area contributed by atoms with Crippen LogP contribution in [0.1, 0.15) is 27.9 Å². The summed E-state index contributed by atoms with van der Waals surface area (Å²) < 4.78 is 25.2. The van der Waals surface area contributed by atoms with Crippen molar-refractivity contribution >= 4 is 33.4 Å². The minimum Gasteiger partial charge on any atom is -0.493 e. The minimum atomic E-state index is -0.543. The van der Waals surface area contributed by atoms with Gasteiger partial charge in [-0.1, -0.05) is 30.3 Å². The van der Waals surface area contributed by atoms with Crippen LogP contribution in [0.5, 0.6) is 11.5 Å². The average Bonchev–Trinajstić information content (AvgIpc) is 2.97. The number of H-pyrrole nitrogens is 1. The molecular weight excluding hydrogens is 521 g/mol. The van der Waals surface area contributed by atoms with Crippen molar-refractivity contribution in [3.05, 3.63) is 112 Å². The number of nitrogens with one attached hydrogen (secondary N) is 2. The Morgan fingerprint density at radius 2 is 1.61 bits per heavy atom. The number of pyridine rings is 1. The van der Waals surface area contributed by atoms with Crippen molar-refractivity contribution in [2.24, 2.45) is 0 Å². The normalized spacial score (nSPS) is 11.2. The summed E-state index contributed by atoms with van der Waals surface area (Å²) in [6.45, 7) is 1.67. The molecule has 41 heavy (non-hydrogen) atoms. The smallest absolute Gasteiger partial charge is 0.257 e. The van der Waals surface area contributed by atoms with Crippen molar-refractivity contribution in [2.75, 3.05) is 33.1 Å². The van der Waals surface area contributed by atoms with E-state index >= 15 is 0 Å². The lowest BCUT2D eigenvalue weighted by Gasteiger charge is -2.18. The Bertz CT molecular complexity index is 1780. The van der Waals surface area contributed by atoms with Crippen molar-refractivity contribution in [1.82, 2.24) is 9.88 Å². The second-order valence-corrected chi connectivity index (χ2v) is 10.0. The molecule has 2 N–H and O–H groups in total. The fraction of sp³-hybridized carbons (Fsp3) is 0.212. The zero-order valence-corrected chi connectivity index (χ0v) is 23.3. The average molecular weight is 554 g/mol. The third kappa shape index (κ3) is 6.07. The Labute approximate surface area is 237 Å². The van der Waals surface area contributed by atoms with E-state index in [9.17, 15) is 14.0 Å². The number of anilines is 1. The van der Waals surface area contributed by atoms with Gasteiger partial charge in [0, 0.05) is 23.0 Å². The highest BCUT2D eigenvalue weighted by Gasteiger charge is 2.16. The number of halogens is 1. The molecule has 0 spiro atoms. The number of carbonyl (C=O) groups excluding carboxylic acids is 1. The Morgan fingerprint density at radius 3 is 2.39 bits per heavy atom. The first kappa shape index (κ1) is 27.9. The molecule has 5 rings (SSSR count).